The van der Waals surface area contributed by atoms with Crippen molar-refractivity contribution in [3.63, 3.8) is 0 Å². The Balaban J connectivity index is 1.74. The molecule has 0 radical (unpaired) electrons. The molecule has 0 bridgehead atoms. The number of benzene rings is 2. The summed E-state index contributed by atoms with van der Waals surface area (Å²) < 4.78 is 39.6. The third kappa shape index (κ3) is 3.92. The highest BCUT2D eigenvalue weighted by Crippen LogP contribution is 2.37. The van der Waals surface area contributed by atoms with E-state index in [1.165, 1.54) is 41.7 Å². The minimum atomic E-state index is -4.37. The molecule has 0 N–H and O–H groups in total. The van der Waals surface area contributed by atoms with E-state index in [2.05, 4.69) is 31.4 Å². The van der Waals surface area contributed by atoms with E-state index in [4.69, 9.17) is 0 Å². The highest BCUT2D eigenvalue weighted by molar-refractivity contribution is 5.72. The predicted octanol–water partition coefficient (Wildman–Crippen LogP) is 7.09. The quantitative estimate of drug-likeness (QED) is 0.536. The topological polar surface area (TPSA) is 0 Å². The smallest absolute Gasteiger partial charge is 0.166 e. The molecule has 26 heavy (non-hydrogen) atoms. The van der Waals surface area contributed by atoms with Crippen LogP contribution in [0.15, 0.2) is 55.6 Å². The predicted molar refractivity (Wildman–Crippen MR) is 102 cm³/mol. The lowest BCUT2D eigenvalue weighted by molar-refractivity contribution is -0.137. The van der Waals surface area contributed by atoms with Gasteiger partial charge in [0.25, 0.3) is 0 Å². The van der Waals surface area contributed by atoms with Crippen molar-refractivity contribution in [1.82, 2.24) is 0 Å². The number of allylic oxidation sites excluding steroid dienone is 2. The van der Waals surface area contributed by atoms with Gasteiger partial charge < -0.3 is 0 Å². The van der Waals surface area contributed by atoms with Gasteiger partial charge in [-0.1, -0.05) is 49.6 Å². The minimum absolute atomic E-state index is 0.183. The fraction of sp³-hybridized carbons (Fsp3) is 0.304. The third-order valence-corrected chi connectivity index (χ3v) is 5.12. The molecule has 0 aliphatic heterocycles. The van der Waals surface area contributed by atoms with Gasteiger partial charge in [0, 0.05) is 0 Å². The lowest BCUT2D eigenvalue weighted by Crippen LogP contribution is -2.08. The van der Waals surface area contributed by atoms with Crippen LogP contribution in [0.2, 0.25) is 0 Å². The van der Waals surface area contributed by atoms with Crippen LogP contribution in [-0.4, -0.2) is 0 Å². The molecule has 0 atom stereocenters. The maximum atomic E-state index is 13.2. The first-order valence-electron chi connectivity index (χ1n) is 9.01. The summed E-state index contributed by atoms with van der Waals surface area (Å²) >= 11 is 0. The van der Waals surface area contributed by atoms with Crippen molar-refractivity contribution in [2.45, 2.75) is 44.7 Å². The van der Waals surface area contributed by atoms with E-state index in [0.717, 1.165) is 24.5 Å². The van der Waals surface area contributed by atoms with Crippen LogP contribution in [0.3, 0.4) is 0 Å². The van der Waals surface area contributed by atoms with E-state index in [9.17, 15) is 13.2 Å². The summed E-state index contributed by atoms with van der Waals surface area (Å²) in [7, 11) is 0. The van der Waals surface area contributed by atoms with Crippen LogP contribution in [0.4, 0.5) is 13.2 Å². The molecule has 0 fully saturated rings. The van der Waals surface area contributed by atoms with Gasteiger partial charge in [-0.25, -0.2) is 0 Å². The molecule has 0 saturated heterocycles. The standard InChI is InChI=1S/C23H23F3/c1-16(19-12-7-9-18-8-3-4-11-21(18)19)14-15-17(2)20-10-5-6-13-22(20)23(24,25)26/h5-7,9-10,12-13H,1-4,8,11,14-15H2. The van der Waals surface area contributed by atoms with Crippen molar-refractivity contribution in [3.8, 4) is 0 Å². The minimum Gasteiger partial charge on any atom is -0.166 e. The number of hydrogen-bond acceptors (Lipinski definition) is 0. The van der Waals surface area contributed by atoms with Crippen molar-refractivity contribution in [3.05, 3.63) is 83.4 Å². The zero-order valence-electron chi connectivity index (χ0n) is 14.8. The fourth-order valence-electron chi connectivity index (χ4n) is 3.72. The molecule has 0 unspecified atom stereocenters. The summed E-state index contributed by atoms with van der Waals surface area (Å²) in [6.45, 7) is 8.12. The van der Waals surface area contributed by atoms with Gasteiger partial charge in [-0.3, -0.25) is 0 Å². The number of alkyl halides is 3. The Morgan fingerprint density at radius 2 is 1.42 bits per heavy atom. The second-order valence-electron chi connectivity index (χ2n) is 6.90. The van der Waals surface area contributed by atoms with E-state index >= 15 is 0 Å². The average Bonchev–Trinajstić information content (AvgIpc) is 2.64. The maximum absolute atomic E-state index is 13.2. The Morgan fingerprint density at radius 3 is 2.15 bits per heavy atom. The second kappa shape index (κ2) is 7.53. The molecule has 0 amide bonds. The number of hydrogen-bond donors (Lipinski definition) is 0. The highest BCUT2D eigenvalue weighted by atomic mass is 19.4. The lowest BCUT2D eigenvalue weighted by atomic mass is 9.84. The summed E-state index contributed by atoms with van der Waals surface area (Å²) in [6, 6.07) is 12.0. The summed E-state index contributed by atoms with van der Waals surface area (Å²) in [6.07, 6.45) is 1.27. The van der Waals surface area contributed by atoms with Gasteiger partial charge in [0.05, 0.1) is 5.56 Å². The van der Waals surface area contributed by atoms with Gasteiger partial charge in [0.2, 0.25) is 0 Å². The molecule has 0 spiro atoms. The second-order valence-corrected chi connectivity index (χ2v) is 6.90. The molecule has 1 aliphatic carbocycles. The Kier molecular flexibility index (Phi) is 5.36. The van der Waals surface area contributed by atoms with Gasteiger partial charge in [0.1, 0.15) is 0 Å². The van der Waals surface area contributed by atoms with Crippen LogP contribution < -0.4 is 0 Å². The van der Waals surface area contributed by atoms with Crippen molar-refractivity contribution < 1.29 is 13.2 Å². The van der Waals surface area contributed by atoms with Gasteiger partial charge in [-0.15, -0.1) is 0 Å². The Hall–Kier alpha value is -2.29. The summed E-state index contributed by atoms with van der Waals surface area (Å²) in [5.74, 6) is 0. The Morgan fingerprint density at radius 1 is 0.808 bits per heavy atom. The fourth-order valence-corrected chi connectivity index (χ4v) is 3.72. The molecule has 2 aromatic carbocycles. The summed E-state index contributed by atoms with van der Waals surface area (Å²) in [5.41, 5.74) is 4.97. The molecule has 0 aromatic heterocycles. The monoisotopic (exact) mass is 356 g/mol. The molecule has 136 valence electrons. The van der Waals surface area contributed by atoms with Gasteiger partial charge in [-0.05, 0) is 78.0 Å². The van der Waals surface area contributed by atoms with Gasteiger partial charge in [-0.2, -0.15) is 13.2 Å². The lowest BCUT2D eigenvalue weighted by Gasteiger charge is -2.21. The van der Waals surface area contributed by atoms with Crippen LogP contribution in [0.5, 0.6) is 0 Å². The molecular formula is C23H23F3. The number of halogens is 3. The summed E-state index contributed by atoms with van der Waals surface area (Å²) in [5, 5.41) is 0. The Bertz CT molecular complexity index is 828. The largest absolute Gasteiger partial charge is 0.416 e. The van der Waals surface area contributed by atoms with Crippen LogP contribution in [0.25, 0.3) is 11.1 Å². The van der Waals surface area contributed by atoms with Crippen molar-refractivity contribution in [1.29, 1.82) is 0 Å². The van der Waals surface area contributed by atoms with E-state index < -0.39 is 11.7 Å². The first kappa shape index (κ1) is 18.5. The molecule has 3 rings (SSSR count). The normalized spacial score (nSPS) is 14.0. The molecular weight excluding hydrogens is 333 g/mol. The van der Waals surface area contributed by atoms with Gasteiger partial charge >= 0.3 is 6.18 Å². The van der Waals surface area contributed by atoms with Crippen molar-refractivity contribution in [2.24, 2.45) is 0 Å². The van der Waals surface area contributed by atoms with Crippen molar-refractivity contribution >= 4 is 11.1 Å². The maximum Gasteiger partial charge on any atom is 0.416 e. The van der Waals surface area contributed by atoms with E-state index in [1.54, 1.807) is 6.07 Å². The number of rotatable bonds is 5. The van der Waals surface area contributed by atoms with Crippen LogP contribution in [0.1, 0.15) is 53.5 Å². The molecule has 0 saturated carbocycles. The highest BCUT2D eigenvalue weighted by Gasteiger charge is 2.33. The van der Waals surface area contributed by atoms with Crippen LogP contribution >= 0.6 is 0 Å². The molecule has 3 heteroatoms. The Labute approximate surface area is 153 Å². The van der Waals surface area contributed by atoms with Crippen LogP contribution in [-0.2, 0) is 19.0 Å². The SMILES string of the molecule is C=C(CCC(=C)c1cccc2c1CCCC2)c1ccccc1C(F)(F)F. The zero-order valence-corrected chi connectivity index (χ0v) is 14.8. The zero-order chi connectivity index (χ0) is 18.7. The number of aryl methyl sites for hydroxylation is 1. The first-order valence-corrected chi connectivity index (χ1v) is 9.01. The third-order valence-electron chi connectivity index (χ3n) is 5.12. The molecule has 2 aromatic rings. The molecule has 0 nitrogen and oxygen atoms in total. The summed E-state index contributed by atoms with van der Waals surface area (Å²) in [4.78, 5) is 0. The van der Waals surface area contributed by atoms with Crippen LogP contribution in [0, 0.1) is 0 Å². The first-order chi connectivity index (χ1) is 12.4. The van der Waals surface area contributed by atoms with E-state index in [0.29, 0.717) is 18.4 Å². The van der Waals surface area contributed by atoms with E-state index in [1.807, 2.05) is 0 Å². The average molecular weight is 356 g/mol. The number of fused-ring (bicyclic) bond motifs is 1. The van der Waals surface area contributed by atoms with Gasteiger partial charge in [0.15, 0.2) is 0 Å². The van der Waals surface area contributed by atoms with Crippen molar-refractivity contribution in [2.75, 3.05) is 0 Å². The molecule has 0 heterocycles. The molecule has 1 aliphatic rings. The van der Waals surface area contributed by atoms with E-state index in [-0.39, 0.29) is 5.56 Å².